The van der Waals surface area contributed by atoms with Crippen molar-refractivity contribution in [3.63, 3.8) is 0 Å². The maximum atomic E-state index is 12.8. The number of carbonyl (C=O) groups excluding carboxylic acids is 2. The fourth-order valence-electron chi connectivity index (χ4n) is 3.55. The first-order chi connectivity index (χ1) is 16.2. The summed E-state index contributed by atoms with van der Waals surface area (Å²) in [5.41, 5.74) is 3.73. The molecule has 0 fully saturated rings. The maximum absolute atomic E-state index is 12.8. The molecule has 0 radical (unpaired) electrons. The smallest absolute Gasteiger partial charge is 0.276 e. The van der Waals surface area contributed by atoms with E-state index in [2.05, 4.69) is 31.8 Å². The highest BCUT2D eigenvalue weighted by molar-refractivity contribution is 6.07. The van der Waals surface area contributed by atoms with Gasteiger partial charge in [0.05, 0.1) is 28.2 Å². The van der Waals surface area contributed by atoms with E-state index >= 15 is 0 Å². The summed E-state index contributed by atoms with van der Waals surface area (Å²) in [4.78, 5) is 34.1. The molecule has 0 saturated heterocycles. The molecule has 0 saturated carbocycles. The number of amides is 2. The largest absolute Gasteiger partial charge is 0.322 e. The number of rotatable bonds is 5. The molecular formula is C25H23N7O2. The van der Waals surface area contributed by atoms with Crippen LogP contribution >= 0.6 is 0 Å². The van der Waals surface area contributed by atoms with E-state index in [1.807, 2.05) is 6.92 Å². The Balaban J connectivity index is 1.53. The Labute approximate surface area is 196 Å². The second-order valence-corrected chi connectivity index (χ2v) is 8.47. The first-order valence-electron chi connectivity index (χ1n) is 10.6. The number of carbonyl (C=O) groups is 2. The van der Waals surface area contributed by atoms with Crippen LogP contribution < -0.4 is 10.6 Å². The fourth-order valence-corrected chi connectivity index (χ4v) is 3.55. The molecule has 9 nitrogen and oxygen atoms in total. The summed E-state index contributed by atoms with van der Waals surface area (Å²) in [7, 11) is 1.70. The number of nitrogens with one attached hydrogen (secondary N) is 2. The normalized spacial score (nSPS) is 11.1. The Hall–Kier alpha value is -4.58. The standard InChI is InChI=1S/C25H23N7O2/c1-15-5-7-17(29-24(34)21-13-22(32(4)31-21)25(2,3)14-26)12-19(15)30-23(33)16-6-8-18-20(11-16)28-10-9-27-18/h5-13H,1-4H3,(H,29,34)(H,30,33). The molecule has 2 aromatic carbocycles. The molecule has 0 unspecified atom stereocenters. The van der Waals surface area contributed by atoms with Crippen molar-refractivity contribution < 1.29 is 9.59 Å². The number of fused-ring (bicyclic) bond motifs is 1. The second kappa shape index (κ2) is 8.75. The quantitative estimate of drug-likeness (QED) is 0.471. The predicted molar refractivity (Wildman–Crippen MR) is 128 cm³/mol. The van der Waals surface area contributed by atoms with Gasteiger partial charge in [-0.05, 0) is 62.7 Å². The third-order valence-electron chi connectivity index (χ3n) is 5.51. The fraction of sp³-hybridized carbons (Fsp3) is 0.200. The van der Waals surface area contributed by atoms with Crippen LogP contribution in [0.1, 0.15) is 46.0 Å². The van der Waals surface area contributed by atoms with Crippen molar-refractivity contribution in [2.75, 3.05) is 10.6 Å². The lowest BCUT2D eigenvalue weighted by atomic mass is 9.91. The van der Waals surface area contributed by atoms with Crippen LogP contribution in [0.4, 0.5) is 11.4 Å². The number of nitriles is 1. The van der Waals surface area contributed by atoms with E-state index in [0.717, 1.165) is 5.56 Å². The number of nitrogens with zero attached hydrogens (tertiary/aromatic N) is 5. The Bertz CT molecular complexity index is 1460. The van der Waals surface area contributed by atoms with Gasteiger partial charge in [0.25, 0.3) is 11.8 Å². The molecule has 2 aromatic heterocycles. The molecule has 2 amide bonds. The van der Waals surface area contributed by atoms with Crippen LogP contribution in [0.2, 0.25) is 0 Å². The van der Waals surface area contributed by atoms with E-state index in [1.165, 1.54) is 4.68 Å². The predicted octanol–water partition coefficient (Wildman–Crippen LogP) is 3.98. The molecule has 0 bridgehead atoms. The summed E-state index contributed by atoms with van der Waals surface area (Å²) in [6.07, 6.45) is 3.17. The Morgan fingerprint density at radius 3 is 2.44 bits per heavy atom. The van der Waals surface area contributed by atoms with Gasteiger partial charge in [0.1, 0.15) is 0 Å². The van der Waals surface area contributed by atoms with Crippen LogP contribution in [0.15, 0.2) is 54.9 Å². The number of aromatic nitrogens is 4. The minimum Gasteiger partial charge on any atom is -0.322 e. The van der Waals surface area contributed by atoms with Gasteiger partial charge < -0.3 is 10.6 Å². The molecule has 0 aliphatic heterocycles. The highest BCUT2D eigenvalue weighted by atomic mass is 16.2. The summed E-state index contributed by atoms with van der Waals surface area (Å²) in [5, 5.41) is 19.3. The van der Waals surface area contributed by atoms with Crippen molar-refractivity contribution in [3.05, 3.63) is 77.4 Å². The minimum atomic E-state index is -0.782. The summed E-state index contributed by atoms with van der Waals surface area (Å²) < 4.78 is 1.53. The second-order valence-electron chi connectivity index (χ2n) is 8.47. The van der Waals surface area contributed by atoms with E-state index in [4.69, 9.17) is 0 Å². The van der Waals surface area contributed by atoms with Crippen LogP contribution in [-0.2, 0) is 12.5 Å². The van der Waals surface area contributed by atoms with Crippen molar-refractivity contribution in [1.29, 1.82) is 5.26 Å². The minimum absolute atomic E-state index is 0.198. The maximum Gasteiger partial charge on any atom is 0.276 e. The molecule has 0 spiro atoms. The van der Waals surface area contributed by atoms with Gasteiger partial charge in [0.2, 0.25) is 0 Å². The topological polar surface area (TPSA) is 126 Å². The Morgan fingerprint density at radius 2 is 1.71 bits per heavy atom. The Kier molecular flexibility index (Phi) is 5.82. The molecule has 2 heterocycles. The van der Waals surface area contributed by atoms with Crippen LogP contribution in [0, 0.1) is 18.3 Å². The van der Waals surface area contributed by atoms with Crippen LogP contribution in [0.5, 0.6) is 0 Å². The van der Waals surface area contributed by atoms with E-state index in [0.29, 0.717) is 33.7 Å². The number of aryl methyl sites for hydroxylation is 2. The van der Waals surface area contributed by atoms with Gasteiger partial charge in [-0.3, -0.25) is 24.2 Å². The van der Waals surface area contributed by atoms with Crippen LogP contribution in [-0.4, -0.2) is 31.6 Å². The third kappa shape index (κ3) is 4.47. The summed E-state index contributed by atoms with van der Waals surface area (Å²) in [5.74, 6) is -0.711. The lowest BCUT2D eigenvalue weighted by Crippen LogP contribution is -2.18. The zero-order chi connectivity index (χ0) is 24.5. The zero-order valence-corrected chi connectivity index (χ0v) is 19.2. The highest BCUT2D eigenvalue weighted by Crippen LogP contribution is 2.24. The lowest BCUT2D eigenvalue weighted by Gasteiger charge is -2.14. The summed E-state index contributed by atoms with van der Waals surface area (Å²) in [6, 6.07) is 14.2. The number of hydrogen-bond donors (Lipinski definition) is 2. The van der Waals surface area contributed by atoms with Crippen molar-refractivity contribution in [2.24, 2.45) is 7.05 Å². The van der Waals surface area contributed by atoms with E-state index < -0.39 is 11.3 Å². The van der Waals surface area contributed by atoms with Gasteiger partial charge in [0.15, 0.2) is 5.69 Å². The lowest BCUT2D eigenvalue weighted by molar-refractivity contribution is 0.101. The SMILES string of the molecule is Cc1ccc(NC(=O)c2cc(C(C)(C)C#N)n(C)n2)cc1NC(=O)c1ccc2nccnc2c1. The molecule has 2 N–H and O–H groups in total. The third-order valence-corrected chi connectivity index (χ3v) is 5.51. The van der Waals surface area contributed by atoms with Crippen molar-refractivity contribution in [1.82, 2.24) is 19.7 Å². The van der Waals surface area contributed by atoms with Gasteiger partial charge in [-0.25, -0.2) is 0 Å². The molecular weight excluding hydrogens is 430 g/mol. The molecule has 34 heavy (non-hydrogen) atoms. The molecule has 0 aliphatic rings. The van der Waals surface area contributed by atoms with E-state index in [-0.39, 0.29) is 11.6 Å². The molecule has 0 atom stereocenters. The highest BCUT2D eigenvalue weighted by Gasteiger charge is 2.26. The zero-order valence-electron chi connectivity index (χ0n) is 19.2. The molecule has 4 rings (SSSR count). The number of anilines is 2. The monoisotopic (exact) mass is 453 g/mol. The Morgan fingerprint density at radius 1 is 0.971 bits per heavy atom. The molecule has 9 heteroatoms. The van der Waals surface area contributed by atoms with E-state index in [1.54, 1.807) is 75.8 Å². The molecule has 0 aliphatic carbocycles. The van der Waals surface area contributed by atoms with Crippen molar-refractivity contribution in [2.45, 2.75) is 26.2 Å². The number of benzene rings is 2. The van der Waals surface area contributed by atoms with Gasteiger partial charge in [-0.15, -0.1) is 0 Å². The number of hydrogen-bond acceptors (Lipinski definition) is 6. The first-order valence-corrected chi connectivity index (χ1v) is 10.6. The van der Waals surface area contributed by atoms with Gasteiger partial charge in [-0.1, -0.05) is 6.07 Å². The molecule has 170 valence electrons. The van der Waals surface area contributed by atoms with Crippen molar-refractivity contribution >= 4 is 34.2 Å². The average Bonchev–Trinajstić information content (AvgIpc) is 3.23. The van der Waals surface area contributed by atoms with Gasteiger partial charge in [0, 0.05) is 36.4 Å². The van der Waals surface area contributed by atoms with Crippen molar-refractivity contribution in [3.8, 4) is 6.07 Å². The average molecular weight is 454 g/mol. The van der Waals surface area contributed by atoms with Gasteiger partial charge >= 0.3 is 0 Å². The molecule has 4 aromatic rings. The first kappa shape index (κ1) is 22.6. The van der Waals surface area contributed by atoms with E-state index in [9.17, 15) is 14.9 Å². The summed E-state index contributed by atoms with van der Waals surface area (Å²) in [6.45, 7) is 5.40. The van der Waals surface area contributed by atoms with Crippen LogP contribution in [0.3, 0.4) is 0 Å². The summed E-state index contributed by atoms with van der Waals surface area (Å²) >= 11 is 0. The van der Waals surface area contributed by atoms with Gasteiger partial charge in [-0.2, -0.15) is 10.4 Å². The van der Waals surface area contributed by atoms with Crippen LogP contribution in [0.25, 0.3) is 11.0 Å².